The van der Waals surface area contributed by atoms with Gasteiger partial charge in [0.05, 0.1) is 22.7 Å². The number of hydrogen-bond donors (Lipinski definition) is 0. The molecule has 2 fully saturated rings. The maximum absolute atomic E-state index is 11.2. The molecular weight excluding hydrogens is 214 g/mol. The first-order valence-electron chi connectivity index (χ1n) is 3.36. The average Bonchev–Trinajstić information content (AvgIpc) is 2.38. The van der Waals surface area contributed by atoms with Gasteiger partial charge in [-0.1, -0.05) is 0 Å². The second kappa shape index (κ2) is 2.14. The molecule has 1 spiro atoms. The van der Waals surface area contributed by atoms with Gasteiger partial charge >= 0.3 is 0 Å². The first-order valence-corrected chi connectivity index (χ1v) is 5.06. The van der Waals surface area contributed by atoms with Crippen LogP contribution in [0.4, 0.5) is 0 Å². The fourth-order valence-corrected chi connectivity index (χ4v) is 3.96. The molecule has 2 aliphatic rings. The van der Waals surface area contributed by atoms with Gasteiger partial charge in [-0.05, 0) is 18.6 Å². The summed E-state index contributed by atoms with van der Waals surface area (Å²) in [5.74, 6) is 1.43. The van der Waals surface area contributed by atoms with Crippen LogP contribution in [0.25, 0.3) is 0 Å². The zero-order chi connectivity index (χ0) is 7.19. The topological polar surface area (TPSA) is 20.3 Å². The number of carbonyl (C=O) groups excluding carboxylic acids is 1. The Bertz CT molecular complexity index is 179. The molecule has 2 aliphatic heterocycles. The lowest BCUT2D eigenvalue weighted by Crippen LogP contribution is -2.59. The number of amides is 1. The van der Waals surface area contributed by atoms with Gasteiger partial charge in [-0.15, -0.1) is 11.8 Å². The minimum absolute atomic E-state index is 0.00347. The Morgan fingerprint density at radius 2 is 2.50 bits per heavy atom. The third-order valence-corrected chi connectivity index (χ3v) is 4.23. The van der Waals surface area contributed by atoms with Crippen LogP contribution in [0.1, 0.15) is 12.8 Å². The van der Waals surface area contributed by atoms with Crippen molar-refractivity contribution in [1.29, 1.82) is 0 Å². The van der Waals surface area contributed by atoms with Gasteiger partial charge in [-0.3, -0.25) is 8.72 Å². The molecule has 10 heavy (non-hydrogen) atoms. The van der Waals surface area contributed by atoms with E-state index in [0.717, 1.165) is 18.7 Å². The Kier molecular flexibility index (Phi) is 1.49. The lowest BCUT2D eigenvalue weighted by Gasteiger charge is -2.41. The van der Waals surface area contributed by atoms with E-state index in [1.54, 1.807) is 3.93 Å². The molecule has 1 atom stereocenters. The summed E-state index contributed by atoms with van der Waals surface area (Å²) >= 11 is 5.00. The summed E-state index contributed by atoms with van der Waals surface area (Å²) in [6.07, 6.45) is 2.29. The second-order valence-corrected chi connectivity index (χ2v) is 5.11. The number of halogens is 1. The van der Waals surface area contributed by atoms with Crippen molar-refractivity contribution in [2.24, 2.45) is 0 Å². The van der Waals surface area contributed by atoms with Crippen molar-refractivity contribution >= 4 is 33.8 Å². The molecule has 0 aromatic rings. The summed E-state index contributed by atoms with van der Waals surface area (Å²) in [6.45, 7) is 0.899. The average molecular weight is 222 g/mol. The van der Waals surface area contributed by atoms with Crippen LogP contribution in [0, 0.1) is 0 Å². The Hall–Kier alpha value is 0.300. The van der Waals surface area contributed by atoms with E-state index in [2.05, 4.69) is 16.1 Å². The largest absolute Gasteiger partial charge is 0.276 e. The highest BCUT2D eigenvalue weighted by Crippen LogP contribution is 2.46. The minimum Gasteiger partial charge on any atom is -0.276 e. The molecule has 0 saturated carbocycles. The van der Waals surface area contributed by atoms with Crippen molar-refractivity contribution in [2.75, 3.05) is 12.3 Å². The number of rotatable bonds is 0. The molecule has 0 aromatic carbocycles. The van der Waals surface area contributed by atoms with E-state index >= 15 is 0 Å². The van der Waals surface area contributed by atoms with E-state index < -0.39 is 0 Å². The van der Waals surface area contributed by atoms with Gasteiger partial charge in [0, 0.05) is 0 Å². The van der Waals surface area contributed by atoms with Crippen molar-refractivity contribution in [3.8, 4) is 0 Å². The van der Waals surface area contributed by atoms with E-state index in [1.807, 2.05) is 11.8 Å². The van der Waals surface area contributed by atoms with Crippen LogP contribution in [-0.4, -0.2) is 26.9 Å². The third kappa shape index (κ3) is 0.749. The molecule has 1 amide bonds. The Labute approximate surface area is 72.7 Å². The Morgan fingerprint density at radius 1 is 1.70 bits per heavy atom. The number of thioether (sulfide) groups is 1. The predicted molar refractivity (Wildman–Crippen MR) is 45.1 cm³/mol. The molecule has 56 valence electrons. The molecule has 0 aromatic heterocycles. The van der Waals surface area contributed by atoms with Crippen molar-refractivity contribution in [1.82, 2.24) is 3.93 Å². The first-order chi connectivity index (χ1) is 4.75. The van der Waals surface area contributed by atoms with Crippen LogP contribution < -0.4 is 0 Å². The molecule has 1 unspecified atom stereocenters. The van der Waals surface area contributed by atoms with Crippen LogP contribution in [0.5, 0.6) is 0 Å². The standard InChI is InChI=1S/C6H8BrNOS/c7-8-4-6(5(8)9)2-1-3-10-6/h1-4H2. The SMILES string of the molecule is O=C1N(Br)CC12CCCS2. The van der Waals surface area contributed by atoms with Gasteiger partial charge in [-0.2, -0.15) is 0 Å². The number of β-lactam (4-membered cyclic amide) rings is 1. The second-order valence-electron chi connectivity index (χ2n) is 2.77. The van der Waals surface area contributed by atoms with Crippen molar-refractivity contribution in [3.05, 3.63) is 0 Å². The Balaban J connectivity index is 2.12. The van der Waals surface area contributed by atoms with Gasteiger partial charge < -0.3 is 0 Å². The maximum atomic E-state index is 11.2. The fourth-order valence-electron chi connectivity index (χ4n) is 1.48. The smallest absolute Gasteiger partial charge is 0.250 e. The van der Waals surface area contributed by atoms with Gasteiger partial charge in [-0.25, -0.2) is 0 Å². The van der Waals surface area contributed by atoms with E-state index in [1.165, 1.54) is 6.42 Å². The molecule has 0 aliphatic carbocycles. The summed E-state index contributed by atoms with van der Waals surface area (Å²) < 4.78 is 1.63. The molecule has 0 radical (unpaired) electrons. The zero-order valence-electron chi connectivity index (χ0n) is 5.47. The highest BCUT2D eigenvalue weighted by molar-refractivity contribution is 9.07. The predicted octanol–water partition coefficient (Wildman–Crippen LogP) is 1.40. The fraction of sp³-hybridized carbons (Fsp3) is 0.833. The van der Waals surface area contributed by atoms with Gasteiger partial charge in [0.25, 0.3) is 5.91 Å². The van der Waals surface area contributed by atoms with Crippen molar-refractivity contribution in [2.45, 2.75) is 17.6 Å². The first kappa shape index (κ1) is 6.98. The quantitative estimate of drug-likeness (QED) is 0.456. The minimum atomic E-state index is 0.00347. The van der Waals surface area contributed by atoms with Crippen LogP contribution >= 0.6 is 27.9 Å². The van der Waals surface area contributed by atoms with Crippen LogP contribution in [-0.2, 0) is 4.79 Å². The molecule has 2 heterocycles. The van der Waals surface area contributed by atoms with E-state index in [-0.39, 0.29) is 10.7 Å². The molecule has 0 bridgehead atoms. The van der Waals surface area contributed by atoms with E-state index in [9.17, 15) is 4.79 Å². The van der Waals surface area contributed by atoms with Gasteiger partial charge in [0.15, 0.2) is 0 Å². The van der Waals surface area contributed by atoms with E-state index in [0.29, 0.717) is 0 Å². The molecule has 4 heteroatoms. The summed E-state index contributed by atoms with van der Waals surface area (Å²) in [4.78, 5) is 11.2. The number of nitrogens with zero attached hydrogens (tertiary/aromatic N) is 1. The maximum Gasteiger partial charge on any atom is 0.250 e. The lowest BCUT2D eigenvalue weighted by atomic mass is 9.96. The lowest BCUT2D eigenvalue weighted by molar-refractivity contribution is -0.136. The normalized spacial score (nSPS) is 38.9. The number of carbonyl (C=O) groups is 1. The number of hydrogen-bond acceptors (Lipinski definition) is 2. The van der Waals surface area contributed by atoms with Crippen LogP contribution in [0.2, 0.25) is 0 Å². The van der Waals surface area contributed by atoms with Gasteiger partial charge in [0.2, 0.25) is 0 Å². The summed E-state index contributed by atoms with van der Waals surface area (Å²) in [7, 11) is 0. The van der Waals surface area contributed by atoms with Gasteiger partial charge in [0.1, 0.15) is 4.75 Å². The summed E-state index contributed by atoms with van der Waals surface area (Å²) in [5, 5.41) is 0. The van der Waals surface area contributed by atoms with Crippen molar-refractivity contribution in [3.63, 3.8) is 0 Å². The molecule has 2 nitrogen and oxygen atoms in total. The molecular formula is C6H8BrNOS. The molecule has 2 saturated heterocycles. The molecule has 2 rings (SSSR count). The third-order valence-electron chi connectivity index (χ3n) is 2.11. The highest BCUT2D eigenvalue weighted by atomic mass is 79.9. The zero-order valence-corrected chi connectivity index (χ0v) is 7.87. The summed E-state index contributed by atoms with van der Waals surface area (Å²) in [6, 6.07) is 0. The molecule has 0 N–H and O–H groups in total. The summed E-state index contributed by atoms with van der Waals surface area (Å²) in [5.41, 5.74) is 0. The van der Waals surface area contributed by atoms with Crippen molar-refractivity contribution < 1.29 is 4.79 Å². The highest BCUT2D eigenvalue weighted by Gasteiger charge is 2.53. The Morgan fingerprint density at radius 3 is 2.90 bits per heavy atom. The van der Waals surface area contributed by atoms with Crippen LogP contribution in [0.15, 0.2) is 0 Å². The van der Waals surface area contributed by atoms with Crippen LogP contribution in [0.3, 0.4) is 0 Å². The van der Waals surface area contributed by atoms with E-state index in [4.69, 9.17) is 0 Å². The monoisotopic (exact) mass is 221 g/mol.